The average molecular weight is 325 g/mol. The zero-order valence-corrected chi connectivity index (χ0v) is 11.7. The van der Waals surface area contributed by atoms with Crippen LogP contribution in [0.3, 0.4) is 0 Å². The average Bonchev–Trinajstić information content (AvgIpc) is 2.27. The third kappa shape index (κ3) is 4.32. The summed E-state index contributed by atoms with van der Waals surface area (Å²) in [4.78, 5) is 11.7. The van der Waals surface area contributed by atoms with E-state index >= 15 is 0 Å². The van der Waals surface area contributed by atoms with E-state index < -0.39 is 0 Å². The van der Waals surface area contributed by atoms with Gasteiger partial charge in [-0.05, 0) is 31.0 Å². The van der Waals surface area contributed by atoms with Gasteiger partial charge >= 0.3 is 0 Å². The molecule has 0 radical (unpaired) electrons. The zero-order valence-electron chi connectivity index (χ0n) is 8.60. The highest BCUT2D eigenvalue weighted by Gasteiger charge is 2.09. The largest absolute Gasteiger partial charge is 0.352 e. The molecule has 5 heteroatoms. The van der Waals surface area contributed by atoms with E-state index in [-0.39, 0.29) is 5.91 Å². The van der Waals surface area contributed by atoms with E-state index in [1.54, 1.807) is 18.2 Å². The number of unbranched alkanes of at least 4 members (excludes halogenated alkanes) is 1. The van der Waals surface area contributed by atoms with E-state index in [2.05, 4.69) is 21.2 Å². The number of carbonyl (C=O) groups excluding carboxylic acids is 1. The number of amides is 1. The Labute approximate surface area is 113 Å². The van der Waals surface area contributed by atoms with Crippen LogP contribution < -0.4 is 5.32 Å². The molecule has 0 heterocycles. The van der Waals surface area contributed by atoms with Gasteiger partial charge in [0.1, 0.15) is 0 Å². The van der Waals surface area contributed by atoms with Crippen molar-refractivity contribution in [3.8, 4) is 0 Å². The molecule has 0 aliphatic heterocycles. The first-order valence-electron chi connectivity index (χ1n) is 4.94. The van der Waals surface area contributed by atoms with E-state index in [1.165, 1.54) is 0 Å². The molecule has 1 aromatic carbocycles. The van der Waals surface area contributed by atoms with Crippen LogP contribution in [0, 0.1) is 0 Å². The minimum Gasteiger partial charge on any atom is -0.352 e. The quantitative estimate of drug-likeness (QED) is 0.647. The van der Waals surface area contributed by atoms with Crippen LogP contribution in [-0.2, 0) is 0 Å². The molecule has 0 bridgehead atoms. The summed E-state index contributed by atoms with van der Waals surface area (Å²) in [5.74, 6) is 0.467. The number of alkyl halides is 1. The van der Waals surface area contributed by atoms with Gasteiger partial charge in [-0.3, -0.25) is 4.79 Å². The summed E-state index contributed by atoms with van der Waals surface area (Å²) in [6.45, 7) is 0.619. The highest BCUT2D eigenvalue weighted by Crippen LogP contribution is 2.20. The lowest BCUT2D eigenvalue weighted by atomic mass is 10.2. The fraction of sp³-hybridized carbons (Fsp3) is 0.364. The lowest BCUT2D eigenvalue weighted by molar-refractivity contribution is 0.0953. The molecule has 0 fully saturated rings. The Hall–Kier alpha value is -0.250. The first-order chi connectivity index (χ1) is 7.65. The first kappa shape index (κ1) is 13.8. The van der Waals surface area contributed by atoms with Crippen molar-refractivity contribution in [3.63, 3.8) is 0 Å². The van der Waals surface area contributed by atoms with Gasteiger partial charge in [0.15, 0.2) is 0 Å². The van der Waals surface area contributed by atoms with Crippen molar-refractivity contribution in [2.45, 2.75) is 12.8 Å². The Morgan fingerprint density at radius 1 is 1.38 bits per heavy atom. The monoisotopic (exact) mass is 323 g/mol. The van der Waals surface area contributed by atoms with Gasteiger partial charge in [0.2, 0.25) is 0 Å². The second kappa shape index (κ2) is 7.15. The van der Waals surface area contributed by atoms with Crippen molar-refractivity contribution < 1.29 is 4.79 Å². The summed E-state index contributed by atoms with van der Waals surface area (Å²) in [5.41, 5.74) is 0.488. The van der Waals surface area contributed by atoms with Gasteiger partial charge in [-0.2, -0.15) is 0 Å². The lowest BCUT2D eigenvalue weighted by Crippen LogP contribution is -2.24. The van der Waals surface area contributed by atoms with Gasteiger partial charge in [-0.15, -0.1) is 11.6 Å². The highest BCUT2D eigenvalue weighted by atomic mass is 79.9. The van der Waals surface area contributed by atoms with Gasteiger partial charge in [-0.1, -0.05) is 27.5 Å². The van der Waals surface area contributed by atoms with E-state index in [0.717, 1.165) is 17.3 Å². The van der Waals surface area contributed by atoms with E-state index in [0.29, 0.717) is 23.0 Å². The van der Waals surface area contributed by atoms with Crippen LogP contribution >= 0.6 is 39.1 Å². The second-order valence-corrected chi connectivity index (χ2v) is 4.98. The van der Waals surface area contributed by atoms with Crippen molar-refractivity contribution in [2.24, 2.45) is 0 Å². The van der Waals surface area contributed by atoms with Gasteiger partial charge in [-0.25, -0.2) is 0 Å². The van der Waals surface area contributed by atoms with Gasteiger partial charge in [0, 0.05) is 16.9 Å². The number of rotatable bonds is 5. The molecule has 1 N–H and O–H groups in total. The fourth-order valence-corrected chi connectivity index (χ4v) is 1.94. The van der Waals surface area contributed by atoms with Crippen LogP contribution in [-0.4, -0.2) is 18.3 Å². The maximum absolute atomic E-state index is 11.7. The number of benzene rings is 1. The smallest absolute Gasteiger partial charge is 0.252 e. The topological polar surface area (TPSA) is 29.1 Å². The standard InChI is InChI=1S/C11H12BrCl2NO/c12-8-3-4-10(14)9(7-8)11(16)15-6-2-1-5-13/h3-4,7H,1-2,5-6H2,(H,15,16). The third-order valence-corrected chi connectivity index (χ3v) is 3.11. The summed E-state index contributed by atoms with van der Waals surface area (Å²) in [5, 5.41) is 3.26. The predicted molar refractivity (Wildman–Crippen MR) is 71.4 cm³/mol. The molecule has 0 aliphatic rings. The molecular formula is C11H12BrCl2NO. The molecule has 0 aromatic heterocycles. The van der Waals surface area contributed by atoms with Crippen LogP contribution in [0.4, 0.5) is 0 Å². The van der Waals surface area contributed by atoms with Crippen LogP contribution in [0.1, 0.15) is 23.2 Å². The number of halogens is 3. The summed E-state index contributed by atoms with van der Waals surface area (Å²) < 4.78 is 0.836. The van der Waals surface area contributed by atoms with Crippen LogP contribution in [0.5, 0.6) is 0 Å². The molecule has 2 nitrogen and oxygen atoms in total. The Balaban J connectivity index is 2.55. The van der Waals surface area contributed by atoms with E-state index in [1.807, 2.05) is 0 Å². The first-order valence-corrected chi connectivity index (χ1v) is 6.65. The number of nitrogens with one attached hydrogen (secondary N) is 1. The Kier molecular flexibility index (Phi) is 6.17. The number of hydrogen-bond donors (Lipinski definition) is 1. The van der Waals surface area contributed by atoms with Crippen molar-refractivity contribution in [2.75, 3.05) is 12.4 Å². The minimum absolute atomic E-state index is 0.152. The second-order valence-electron chi connectivity index (χ2n) is 3.28. The molecule has 1 rings (SSSR count). The maximum Gasteiger partial charge on any atom is 0.252 e. The normalized spacial score (nSPS) is 10.2. The van der Waals surface area contributed by atoms with Crippen molar-refractivity contribution in [1.82, 2.24) is 5.32 Å². The molecule has 16 heavy (non-hydrogen) atoms. The van der Waals surface area contributed by atoms with E-state index in [9.17, 15) is 4.79 Å². The minimum atomic E-state index is -0.152. The molecule has 0 unspecified atom stereocenters. The Morgan fingerprint density at radius 2 is 2.12 bits per heavy atom. The molecule has 0 saturated heterocycles. The van der Waals surface area contributed by atoms with Gasteiger partial charge in [0.05, 0.1) is 10.6 Å². The summed E-state index contributed by atoms with van der Waals surface area (Å²) in [6.07, 6.45) is 1.77. The molecule has 0 atom stereocenters. The van der Waals surface area contributed by atoms with Gasteiger partial charge < -0.3 is 5.32 Å². The highest BCUT2D eigenvalue weighted by molar-refractivity contribution is 9.10. The van der Waals surface area contributed by atoms with Crippen molar-refractivity contribution in [1.29, 1.82) is 0 Å². The van der Waals surface area contributed by atoms with Crippen LogP contribution in [0.15, 0.2) is 22.7 Å². The third-order valence-electron chi connectivity index (χ3n) is 2.02. The molecule has 1 amide bonds. The SMILES string of the molecule is O=C(NCCCCCl)c1cc(Br)ccc1Cl. The Bertz CT molecular complexity index is 371. The van der Waals surface area contributed by atoms with Crippen LogP contribution in [0.2, 0.25) is 5.02 Å². The predicted octanol–water partition coefficient (Wildman–Crippen LogP) is 3.85. The molecule has 1 aromatic rings. The lowest BCUT2D eigenvalue weighted by Gasteiger charge is -2.06. The van der Waals surface area contributed by atoms with Crippen LogP contribution in [0.25, 0.3) is 0 Å². The zero-order chi connectivity index (χ0) is 12.0. The summed E-state index contributed by atoms with van der Waals surface area (Å²) in [6, 6.07) is 5.20. The Morgan fingerprint density at radius 3 is 2.81 bits per heavy atom. The summed E-state index contributed by atoms with van der Waals surface area (Å²) >= 11 is 14.8. The molecule has 0 spiro atoms. The molecule has 88 valence electrons. The number of carbonyl (C=O) groups is 1. The van der Waals surface area contributed by atoms with Gasteiger partial charge in [0.25, 0.3) is 5.91 Å². The fourth-order valence-electron chi connectivity index (χ4n) is 1.19. The van der Waals surface area contributed by atoms with E-state index in [4.69, 9.17) is 23.2 Å². The molecular weight excluding hydrogens is 313 g/mol. The van der Waals surface area contributed by atoms with Crippen molar-refractivity contribution >= 4 is 45.0 Å². The number of hydrogen-bond acceptors (Lipinski definition) is 1. The molecule has 0 aliphatic carbocycles. The van der Waals surface area contributed by atoms with Crippen molar-refractivity contribution in [3.05, 3.63) is 33.3 Å². The summed E-state index contributed by atoms with van der Waals surface area (Å²) in [7, 11) is 0. The maximum atomic E-state index is 11.7. The molecule has 0 saturated carbocycles.